The SMILES string of the molecule is CNC(c1ccccc1F)c1ccc(F)cc1Cl. The molecule has 0 aromatic heterocycles. The summed E-state index contributed by atoms with van der Waals surface area (Å²) in [6.45, 7) is 0. The molecule has 0 aliphatic rings. The summed E-state index contributed by atoms with van der Waals surface area (Å²) in [7, 11) is 1.71. The minimum atomic E-state index is -0.410. The third-order valence-corrected chi connectivity index (χ3v) is 3.11. The van der Waals surface area contributed by atoms with Gasteiger partial charge in [0.2, 0.25) is 0 Å². The van der Waals surface area contributed by atoms with Gasteiger partial charge in [0.1, 0.15) is 11.6 Å². The molecule has 4 heteroatoms. The molecule has 2 aromatic carbocycles. The van der Waals surface area contributed by atoms with Crippen LogP contribution in [0, 0.1) is 11.6 Å². The topological polar surface area (TPSA) is 12.0 Å². The molecule has 0 fully saturated rings. The van der Waals surface area contributed by atoms with E-state index in [0.29, 0.717) is 11.1 Å². The molecule has 2 aromatic rings. The van der Waals surface area contributed by atoms with Crippen molar-refractivity contribution in [2.45, 2.75) is 6.04 Å². The van der Waals surface area contributed by atoms with Crippen molar-refractivity contribution in [2.75, 3.05) is 7.05 Å². The van der Waals surface area contributed by atoms with Gasteiger partial charge in [-0.2, -0.15) is 0 Å². The first-order valence-corrected chi connectivity index (χ1v) is 5.88. The summed E-state index contributed by atoms with van der Waals surface area (Å²) in [4.78, 5) is 0. The molecule has 1 N–H and O–H groups in total. The second-order valence-corrected chi connectivity index (χ2v) is 4.32. The number of benzene rings is 2. The first-order chi connectivity index (χ1) is 8.63. The van der Waals surface area contributed by atoms with Crippen molar-refractivity contribution in [3.05, 3.63) is 70.2 Å². The van der Waals surface area contributed by atoms with Gasteiger partial charge in [-0.05, 0) is 30.8 Å². The third kappa shape index (κ3) is 2.52. The van der Waals surface area contributed by atoms with Gasteiger partial charge in [0.15, 0.2) is 0 Å². The minimum absolute atomic E-state index is 0.276. The number of rotatable bonds is 3. The molecule has 0 radical (unpaired) electrons. The van der Waals surface area contributed by atoms with Crippen molar-refractivity contribution < 1.29 is 8.78 Å². The first kappa shape index (κ1) is 13.0. The van der Waals surface area contributed by atoms with Gasteiger partial charge in [-0.3, -0.25) is 0 Å². The number of nitrogens with one attached hydrogen (secondary N) is 1. The molecule has 0 saturated carbocycles. The number of halogens is 3. The van der Waals surface area contributed by atoms with Crippen LogP contribution in [0.15, 0.2) is 42.5 Å². The highest BCUT2D eigenvalue weighted by molar-refractivity contribution is 6.31. The maximum atomic E-state index is 13.8. The van der Waals surface area contributed by atoms with Crippen LogP contribution in [0.5, 0.6) is 0 Å². The van der Waals surface area contributed by atoms with Crippen LogP contribution in [0.1, 0.15) is 17.2 Å². The molecule has 1 unspecified atom stereocenters. The fourth-order valence-corrected chi connectivity index (χ4v) is 2.20. The number of hydrogen-bond donors (Lipinski definition) is 1. The second-order valence-electron chi connectivity index (χ2n) is 3.91. The van der Waals surface area contributed by atoms with Gasteiger partial charge >= 0.3 is 0 Å². The maximum absolute atomic E-state index is 13.8. The van der Waals surface area contributed by atoms with E-state index in [4.69, 9.17) is 11.6 Å². The molecule has 0 aliphatic carbocycles. The van der Waals surface area contributed by atoms with Crippen molar-refractivity contribution in [1.29, 1.82) is 0 Å². The summed E-state index contributed by atoms with van der Waals surface area (Å²) in [5, 5.41) is 3.26. The van der Waals surface area contributed by atoms with E-state index < -0.39 is 11.9 Å². The van der Waals surface area contributed by atoms with E-state index in [9.17, 15) is 8.78 Å². The monoisotopic (exact) mass is 267 g/mol. The quantitative estimate of drug-likeness (QED) is 0.889. The molecule has 94 valence electrons. The molecule has 0 bridgehead atoms. The summed E-state index contributed by atoms with van der Waals surface area (Å²) in [6.07, 6.45) is 0. The summed E-state index contributed by atoms with van der Waals surface area (Å²) in [5.74, 6) is -0.732. The molecule has 1 nitrogen and oxygen atoms in total. The van der Waals surface area contributed by atoms with Crippen molar-refractivity contribution in [2.24, 2.45) is 0 Å². The van der Waals surface area contributed by atoms with Crippen LogP contribution in [0.3, 0.4) is 0 Å². The highest BCUT2D eigenvalue weighted by Gasteiger charge is 2.18. The van der Waals surface area contributed by atoms with E-state index in [1.165, 1.54) is 18.2 Å². The normalized spacial score (nSPS) is 12.4. The number of hydrogen-bond acceptors (Lipinski definition) is 1. The predicted octanol–water partition coefficient (Wildman–Crippen LogP) is 3.93. The van der Waals surface area contributed by atoms with Crippen LogP contribution in [0.25, 0.3) is 0 Å². The van der Waals surface area contributed by atoms with Crippen LogP contribution in [-0.4, -0.2) is 7.05 Å². The minimum Gasteiger partial charge on any atom is -0.309 e. The Morgan fingerprint density at radius 1 is 1.06 bits per heavy atom. The van der Waals surface area contributed by atoms with Crippen molar-refractivity contribution in [3.8, 4) is 0 Å². The third-order valence-electron chi connectivity index (χ3n) is 2.78. The smallest absolute Gasteiger partial charge is 0.128 e. The van der Waals surface area contributed by atoms with E-state index in [1.54, 1.807) is 31.3 Å². The maximum Gasteiger partial charge on any atom is 0.128 e. The summed E-state index contributed by atoms with van der Waals surface area (Å²) in [5.41, 5.74) is 1.12. The summed E-state index contributed by atoms with van der Waals surface area (Å²) >= 11 is 6.00. The molecular weight excluding hydrogens is 256 g/mol. The van der Waals surface area contributed by atoms with E-state index in [1.807, 2.05) is 0 Å². The lowest BCUT2D eigenvalue weighted by molar-refractivity contribution is 0.575. The van der Waals surface area contributed by atoms with E-state index in [2.05, 4.69) is 5.32 Å². The lowest BCUT2D eigenvalue weighted by Crippen LogP contribution is -2.19. The highest BCUT2D eigenvalue weighted by Crippen LogP contribution is 2.29. The molecule has 18 heavy (non-hydrogen) atoms. The molecule has 0 aliphatic heterocycles. The Kier molecular flexibility index (Phi) is 3.94. The largest absolute Gasteiger partial charge is 0.309 e. The molecule has 0 spiro atoms. The lowest BCUT2D eigenvalue weighted by atomic mass is 9.98. The van der Waals surface area contributed by atoms with E-state index >= 15 is 0 Å². The zero-order valence-electron chi connectivity index (χ0n) is 9.75. The van der Waals surface area contributed by atoms with Crippen LogP contribution in [0.4, 0.5) is 8.78 Å². The zero-order chi connectivity index (χ0) is 13.1. The van der Waals surface area contributed by atoms with Gasteiger partial charge in [0, 0.05) is 10.6 Å². The van der Waals surface area contributed by atoms with Crippen LogP contribution in [-0.2, 0) is 0 Å². The Balaban J connectivity index is 2.49. The fraction of sp³-hybridized carbons (Fsp3) is 0.143. The van der Waals surface area contributed by atoms with Gasteiger partial charge < -0.3 is 5.32 Å². The average molecular weight is 268 g/mol. The Morgan fingerprint density at radius 2 is 1.78 bits per heavy atom. The molecule has 0 saturated heterocycles. The standard InChI is InChI=1S/C14H12ClF2N/c1-18-14(11-4-2-3-5-13(11)17)10-7-6-9(16)8-12(10)15/h2-8,14,18H,1H3. The Morgan fingerprint density at radius 3 is 2.39 bits per heavy atom. The molecule has 0 amide bonds. The molecule has 0 heterocycles. The first-order valence-electron chi connectivity index (χ1n) is 5.50. The Bertz CT molecular complexity index is 557. The van der Waals surface area contributed by atoms with Gasteiger partial charge in [-0.1, -0.05) is 35.9 Å². The predicted molar refractivity (Wildman–Crippen MR) is 68.7 cm³/mol. The molecule has 2 rings (SSSR count). The van der Waals surface area contributed by atoms with Crippen molar-refractivity contribution in [1.82, 2.24) is 5.32 Å². The van der Waals surface area contributed by atoms with Gasteiger partial charge in [-0.25, -0.2) is 8.78 Å². The molecular formula is C14H12ClF2N. The summed E-state index contributed by atoms with van der Waals surface area (Å²) < 4.78 is 26.8. The average Bonchev–Trinajstić information content (AvgIpc) is 2.34. The van der Waals surface area contributed by atoms with Gasteiger partial charge in [0.25, 0.3) is 0 Å². The second kappa shape index (κ2) is 5.46. The zero-order valence-corrected chi connectivity index (χ0v) is 10.5. The lowest BCUT2D eigenvalue weighted by Gasteiger charge is -2.19. The van der Waals surface area contributed by atoms with Crippen LogP contribution >= 0.6 is 11.6 Å². The van der Waals surface area contributed by atoms with Gasteiger partial charge in [-0.15, -0.1) is 0 Å². The Labute approximate surface area is 109 Å². The van der Waals surface area contributed by atoms with Crippen LogP contribution < -0.4 is 5.32 Å². The van der Waals surface area contributed by atoms with E-state index in [-0.39, 0.29) is 10.8 Å². The summed E-state index contributed by atoms with van der Waals surface area (Å²) in [6, 6.07) is 10.1. The van der Waals surface area contributed by atoms with Crippen molar-refractivity contribution >= 4 is 11.6 Å². The van der Waals surface area contributed by atoms with E-state index in [0.717, 1.165) is 0 Å². The molecule has 1 atom stereocenters. The Hall–Kier alpha value is -1.45. The highest BCUT2D eigenvalue weighted by atomic mass is 35.5. The van der Waals surface area contributed by atoms with Crippen LogP contribution in [0.2, 0.25) is 5.02 Å². The van der Waals surface area contributed by atoms with Gasteiger partial charge in [0.05, 0.1) is 6.04 Å². The fourth-order valence-electron chi connectivity index (χ4n) is 1.92. The van der Waals surface area contributed by atoms with Crippen molar-refractivity contribution in [3.63, 3.8) is 0 Å².